The standard InChI is InChI=1S/C22H22N4O2/c1-11-5-13-6-12(2)16-9-19(27)17-8-14(7-15(11)21(17)20(13)16)26(4)22(28)18-10-25(3)24-23-18/h7-10,12-13,27H,1,5-6H2,2-4H3. The van der Waals surface area contributed by atoms with E-state index in [1.165, 1.54) is 15.8 Å². The Morgan fingerprint density at radius 2 is 2.14 bits per heavy atom. The quantitative estimate of drug-likeness (QED) is 0.737. The molecule has 1 N–H and O–H groups in total. The fraction of sp³-hybridized carbons (Fsp3) is 0.318. The summed E-state index contributed by atoms with van der Waals surface area (Å²) in [6.45, 7) is 6.53. The van der Waals surface area contributed by atoms with Crippen molar-refractivity contribution in [2.75, 3.05) is 11.9 Å². The van der Waals surface area contributed by atoms with E-state index >= 15 is 0 Å². The first-order valence-corrected chi connectivity index (χ1v) is 9.51. The number of phenols is 1. The van der Waals surface area contributed by atoms with Crippen molar-refractivity contribution in [1.29, 1.82) is 0 Å². The summed E-state index contributed by atoms with van der Waals surface area (Å²) < 4.78 is 1.50. The maximum atomic E-state index is 12.8. The third-order valence-electron chi connectivity index (χ3n) is 6.24. The van der Waals surface area contributed by atoms with Gasteiger partial charge >= 0.3 is 0 Å². The summed E-state index contributed by atoms with van der Waals surface area (Å²) in [5.41, 5.74) is 5.69. The lowest BCUT2D eigenvalue weighted by molar-refractivity contribution is 0.0988. The summed E-state index contributed by atoms with van der Waals surface area (Å²) in [6.07, 6.45) is 3.62. The summed E-state index contributed by atoms with van der Waals surface area (Å²) >= 11 is 0. The van der Waals surface area contributed by atoms with Crippen LogP contribution < -0.4 is 4.90 Å². The van der Waals surface area contributed by atoms with Crippen LogP contribution in [0.5, 0.6) is 5.75 Å². The van der Waals surface area contributed by atoms with Crippen molar-refractivity contribution in [3.63, 3.8) is 0 Å². The van der Waals surface area contributed by atoms with Crippen molar-refractivity contribution in [1.82, 2.24) is 15.0 Å². The average molecular weight is 374 g/mol. The molecular formula is C22H22N4O2. The van der Waals surface area contributed by atoms with Crippen molar-refractivity contribution in [3.8, 4) is 5.75 Å². The van der Waals surface area contributed by atoms with Crippen LogP contribution in [0.2, 0.25) is 0 Å². The fourth-order valence-electron chi connectivity index (χ4n) is 4.88. The van der Waals surface area contributed by atoms with Gasteiger partial charge in [-0.15, -0.1) is 5.10 Å². The number of benzene rings is 2. The van der Waals surface area contributed by atoms with E-state index in [2.05, 4.69) is 23.8 Å². The predicted octanol–water partition coefficient (Wildman–Crippen LogP) is 3.96. The number of aromatic nitrogens is 3. The fourth-order valence-corrected chi connectivity index (χ4v) is 4.88. The monoisotopic (exact) mass is 374 g/mol. The van der Waals surface area contributed by atoms with Crippen LogP contribution >= 0.6 is 0 Å². The van der Waals surface area contributed by atoms with Gasteiger partial charge in [0.25, 0.3) is 5.91 Å². The number of nitrogens with zero attached hydrogens (tertiary/aromatic N) is 4. The number of carbonyl (C=O) groups excluding carboxylic acids is 1. The molecule has 0 saturated carbocycles. The molecule has 5 rings (SSSR count). The Hall–Kier alpha value is -3.15. The Morgan fingerprint density at radius 3 is 2.86 bits per heavy atom. The van der Waals surface area contributed by atoms with Gasteiger partial charge in [-0.1, -0.05) is 18.7 Å². The molecular weight excluding hydrogens is 352 g/mol. The van der Waals surface area contributed by atoms with Gasteiger partial charge in [-0.2, -0.15) is 0 Å². The van der Waals surface area contributed by atoms with E-state index in [1.54, 1.807) is 25.2 Å². The van der Waals surface area contributed by atoms with Crippen LogP contribution in [0.3, 0.4) is 0 Å². The predicted molar refractivity (Wildman–Crippen MR) is 109 cm³/mol. The number of rotatable bonds is 2. The highest BCUT2D eigenvalue weighted by Gasteiger charge is 2.36. The van der Waals surface area contributed by atoms with Crippen molar-refractivity contribution in [2.45, 2.75) is 31.6 Å². The molecule has 6 nitrogen and oxygen atoms in total. The molecule has 2 aliphatic rings. The molecule has 142 valence electrons. The first-order chi connectivity index (χ1) is 13.3. The molecule has 1 heterocycles. The second-order valence-corrected chi connectivity index (χ2v) is 8.10. The second-order valence-electron chi connectivity index (χ2n) is 8.10. The minimum atomic E-state index is -0.242. The van der Waals surface area contributed by atoms with E-state index in [9.17, 15) is 9.90 Å². The largest absolute Gasteiger partial charge is 0.507 e. The summed E-state index contributed by atoms with van der Waals surface area (Å²) in [4.78, 5) is 14.4. The van der Waals surface area contributed by atoms with Gasteiger partial charge in [0.05, 0.1) is 6.20 Å². The van der Waals surface area contributed by atoms with Crippen LogP contribution in [0.4, 0.5) is 5.69 Å². The van der Waals surface area contributed by atoms with Crippen LogP contribution in [0.15, 0.2) is 31.0 Å². The van der Waals surface area contributed by atoms with Gasteiger partial charge in [-0.3, -0.25) is 9.48 Å². The molecule has 2 atom stereocenters. The Labute approximate surface area is 163 Å². The van der Waals surface area contributed by atoms with Crippen molar-refractivity contribution >= 4 is 27.9 Å². The van der Waals surface area contributed by atoms with Gasteiger partial charge in [0, 0.05) is 25.2 Å². The molecule has 1 amide bonds. The number of aryl methyl sites for hydroxylation is 1. The Morgan fingerprint density at radius 1 is 1.36 bits per heavy atom. The van der Waals surface area contributed by atoms with Crippen LogP contribution in [0.25, 0.3) is 16.3 Å². The first kappa shape index (κ1) is 17.0. The van der Waals surface area contributed by atoms with Crippen LogP contribution in [0.1, 0.15) is 58.8 Å². The Balaban J connectivity index is 1.71. The van der Waals surface area contributed by atoms with Crippen molar-refractivity contribution < 1.29 is 9.90 Å². The topological polar surface area (TPSA) is 71.2 Å². The van der Waals surface area contributed by atoms with E-state index in [4.69, 9.17) is 0 Å². The number of amides is 1. The van der Waals surface area contributed by atoms with Gasteiger partial charge in [0.2, 0.25) is 0 Å². The number of anilines is 1. The molecule has 0 bridgehead atoms. The highest BCUT2D eigenvalue weighted by atomic mass is 16.3. The zero-order valence-electron chi connectivity index (χ0n) is 16.2. The lowest BCUT2D eigenvalue weighted by Crippen LogP contribution is -2.26. The molecule has 0 radical (unpaired) electrons. The molecule has 0 saturated heterocycles. The Kier molecular flexibility index (Phi) is 3.44. The lowest BCUT2D eigenvalue weighted by Gasteiger charge is -2.27. The number of hydrogen-bond acceptors (Lipinski definition) is 4. The van der Waals surface area contributed by atoms with Crippen molar-refractivity contribution in [3.05, 3.63) is 53.4 Å². The average Bonchev–Trinajstić information content (AvgIpc) is 3.23. The normalized spacial score (nSPS) is 20.0. The summed E-state index contributed by atoms with van der Waals surface area (Å²) in [7, 11) is 3.44. The molecule has 2 unspecified atom stereocenters. The maximum Gasteiger partial charge on any atom is 0.280 e. The van der Waals surface area contributed by atoms with Gasteiger partial charge in [0.1, 0.15) is 5.75 Å². The summed E-state index contributed by atoms with van der Waals surface area (Å²) in [5.74, 6) is 0.931. The minimum absolute atomic E-state index is 0.242. The highest BCUT2D eigenvalue weighted by Crippen LogP contribution is 2.55. The van der Waals surface area contributed by atoms with Gasteiger partial charge in [-0.05, 0) is 70.5 Å². The molecule has 3 aromatic rings. The molecule has 0 aliphatic heterocycles. The van der Waals surface area contributed by atoms with Gasteiger partial charge in [0.15, 0.2) is 5.69 Å². The molecule has 2 aliphatic carbocycles. The molecule has 2 aromatic carbocycles. The number of aromatic hydroxyl groups is 1. The highest BCUT2D eigenvalue weighted by molar-refractivity contribution is 6.09. The van der Waals surface area contributed by atoms with Crippen LogP contribution in [-0.4, -0.2) is 33.1 Å². The smallest absolute Gasteiger partial charge is 0.280 e. The molecule has 28 heavy (non-hydrogen) atoms. The first-order valence-electron chi connectivity index (χ1n) is 9.51. The molecule has 0 fully saturated rings. The van der Waals surface area contributed by atoms with Crippen molar-refractivity contribution in [2.24, 2.45) is 7.05 Å². The molecule has 0 spiro atoms. The number of hydrogen-bond donors (Lipinski definition) is 1. The maximum absolute atomic E-state index is 12.8. The Bertz CT molecular complexity index is 1180. The summed E-state index contributed by atoms with van der Waals surface area (Å²) in [5, 5.41) is 20.4. The van der Waals surface area contributed by atoms with E-state index < -0.39 is 0 Å². The number of phenolic OH excluding ortho intramolecular Hbond substituents is 1. The molecule has 6 heteroatoms. The van der Waals surface area contributed by atoms with E-state index in [0.717, 1.165) is 34.8 Å². The molecule has 1 aromatic heterocycles. The van der Waals surface area contributed by atoms with E-state index in [1.807, 2.05) is 18.2 Å². The summed E-state index contributed by atoms with van der Waals surface area (Å²) in [6, 6.07) is 5.81. The van der Waals surface area contributed by atoms with E-state index in [-0.39, 0.29) is 17.4 Å². The third kappa shape index (κ3) is 2.24. The second kappa shape index (κ2) is 5.67. The minimum Gasteiger partial charge on any atom is -0.507 e. The van der Waals surface area contributed by atoms with Crippen LogP contribution in [0, 0.1) is 0 Å². The lowest BCUT2D eigenvalue weighted by atomic mass is 9.79. The zero-order chi connectivity index (χ0) is 19.7. The third-order valence-corrected chi connectivity index (χ3v) is 6.24. The number of allylic oxidation sites excluding steroid dienone is 1. The van der Waals surface area contributed by atoms with E-state index in [0.29, 0.717) is 17.5 Å². The zero-order valence-corrected chi connectivity index (χ0v) is 16.2. The van der Waals surface area contributed by atoms with Gasteiger partial charge < -0.3 is 10.0 Å². The van der Waals surface area contributed by atoms with Crippen LogP contribution in [-0.2, 0) is 7.05 Å². The number of carbonyl (C=O) groups is 1. The van der Waals surface area contributed by atoms with Gasteiger partial charge in [-0.25, -0.2) is 0 Å². The SMILES string of the molecule is C=C1CC2CC(C)c3cc(O)c4cc(N(C)C(=O)c5cn(C)nn5)cc1c4c32.